The molecule has 0 spiro atoms. The maximum atomic E-state index is 12.9. The third-order valence-electron chi connectivity index (χ3n) is 4.12. The molecule has 0 bridgehead atoms. The summed E-state index contributed by atoms with van der Waals surface area (Å²) in [7, 11) is 0. The summed E-state index contributed by atoms with van der Waals surface area (Å²) in [4.78, 5) is 0. The van der Waals surface area contributed by atoms with Gasteiger partial charge in [0, 0.05) is 12.1 Å². The molecule has 21 heavy (non-hydrogen) atoms. The summed E-state index contributed by atoms with van der Waals surface area (Å²) in [6, 6.07) is 10.1. The van der Waals surface area contributed by atoms with Crippen LogP contribution in [0.15, 0.2) is 40.8 Å². The first-order valence-corrected chi connectivity index (χ1v) is 7.46. The molecule has 1 aromatic carbocycles. The molecule has 1 heterocycles. The zero-order valence-electron chi connectivity index (χ0n) is 11.9. The molecule has 4 heteroatoms. The molecule has 3 rings (SSSR count). The van der Waals surface area contributed by atoms with Gasteiger partial charge in [-0.3, -0.25) is 0 Å². The van der Waals surface area contributed by atoms with Crippen molar-refractivity contribution in [1.29, 1.82) is 0 Å². The van der Waals surface area contributed by atoms with Gasteiger partial charge in [-0.05, 0) is 55.2 Å². The molecule has 1 aliphatic rings. The summed E-state index contributed by atoms with van der Waals surface area (Å²) in [6.45, 7) is 1.46. The lowest BCUT2D eigenvalue weighted by Gasteiger charge is -2.14. The van der Waals surface area contributed by atoms with Crippen molar-refractivity contribution in [3.8, 4) is 11.3 Å². The summed E-state index contributed by atoms with van der Waals surface area (Å²) in [5, 5.41) is 13.1. The van der Waals surface area contributed by atoms with Crippen molar-refractivity contribution in [1.82, 2.24) is 5.32 Å². The molecule has 0 amide bonds. The van der Waals surface area contributed by atoms with E-state index >= 15 is 0 Å². The second kappa shape index (κ2) is 6.41. The normalized spacial score (nSPS) is 21.8. The quantitative estimate of drug-likeness (QED) is 0.887. The first-order valence-electron chi connectivity index (χ1n) is 7.46. The van der Waals surface area contributed by atoms with Gasteiger partial charge >= 0.3 is 0 Å². The fraction of sp³-hybridized carbons (Fsp3) is 0.412. The van der Waals surface area contributed by atoms with E-state index in [1.165, 1.54) is 12.1 Å². The second-order valence-corrected chi connectivity index (χ2v) is 5.66. The van der Waals surface area contributed by atoms with Crippen LogP contribution in [-0.2, 0) is 6.54 Å². The molecule has 1 aromatic heterocycles. The standard InChI is InChI=1S/C17H20FNO2/c18-14-6-4-12(5-7-14)17-9-8-15(21-17)11-19-10-13-2-1-3-16(13)20/h4-9,13,16,19-20H,1-3,10-11H2. The monoisotopic (exact) mass is 289 g/mol. The van der Waals surface area contributed by atoms with Gasteiger partial charge in [0.1, 0.15) is 17.3 Å². The molecule has 0 radical (unpaired) electrons. The van der Waals surface area contributed by atoms with Crippen molar-refractivity contribution in [3.63, 3.8) is 0 Å². The number of halogens is 1. The highest BCUT2D eigenvalue weighted by Gasteiger charge is 2.24. The molecule has 0 saturated heterocycles. The van der Waals surface area contributed by atoms with E-state index in [9.17, 15) is 9.50 Å². The van der Waals surface area contributed by atoms with Gasteiger partial charge in [-0.2, -0.15) is 0 Å². The van der Waals surface area contributed by atoms with E-state index in [1.807, 2.05) is 12.1 Å². The van der Waals surface area contributed by atoms with E-state index in [-0.39, 0.29) is 11.9 Å². The Morgan fingerprint density at radius 3 is 2.67 bits per heavy atom. The highest BCUT2D eigenvalue weighted by Crippen LogP contribution is 2.25. The molecule has 0 aliphatic heterocycles. The number of hydrogen-bond donors (Lipinski definition) is 2. The van der Waals surface area contributed by atoms with Crippen LogP contribution in [-0.4, -0.2) is 17.8 Å². The van der Waals surface area contributed by atoms with E-state index in [2.05, 4.69) is 5.32 Å². The Labute approximate surface area is 123 Å². The van der Waals surface area contributed by atoms with Crippen LogP contribution in [0.3, 0.4) is 0 Å². The summed E-state index contributed by atoms with van der Waals surface area (Å²) >= 11 is 0. The Morgan fingerprint density at radius 1 is 1.14 bits per heavy atom. The summed E-state index contributed by atoms with van der Waals surface area (Å²) < 4.78 is 18.6. The Bertz CT molecular complexity index is 579. The number of furan rings is 1. The molecule has 2 unspecified atom stereocenters. The van der Waals surface area contributed by atoms with E-state index in [0.29, 0.717) is 12.5 Å². The van der Waals surface area contributed by atoms with Gasteiger partial charge in [-0.25, -0.2) is 4.39 Å². The molecule has 1 saturated carbocycles. The molecular formula is C17H20FNO2. The number of aliphatic hydroxyl groups excluding tert-OH is 1. The average Bonchev–Trinajstić information content (AvgIpc) is 3.10. The number of benzene rings is 1. The molecule has 112 valence electrons. The number of rotatable bonds is 5. The topological polar surface area (TPSA) is 45.4 Å². The van der Waals surface area contributed by atoms with Crippen LogP contribution in [0.25, 0.3) is 11.3 Å². The zero-order valence-corrected chi connectivity index (χ0v) is 11.9. The van der Waals surface area contributed by atoms with Gasteiger partial charge in [-0.1, -0.05) is 6.42 Å². The van der Waals surface area contributed by atoms with E-state index in [4.69, 9.17) is 4.42 Å². The van der Waals surface area contributed by atoms with Gasteiger partial charge in [-0.15, -0.1) is 0 Å². The van der Waals surface area contributed by atoms with Crippen LogP contribution in [0.1, 0.15) is 25.0 Å². The Balaban J connectivity index is 1.54. The van der Waals surface area contributed by atoms with Crippen molar-refractivity contribution in [2.45, 2.75) is 31.9 Å². The fourth-order valence-corrected chi connectivity index (χ4v) is 2.88. The second-order valence-electron chi connectivity index (χ2n) is 5.66. The van der Waals surface area contributed by atoms with Crippen molar-refractivity contribution in [2.24, 2.45) is 5.92 Å². The van der Waals surface area contributed by atoms with Crippen molar-refractivity contribution in [3.05, 3.63) is 48.0 Å². The van der Waals surface area contributed by atoms with E-state index < -0.39 is 0 Å². The highest BCUT2D eigenvalue weighted by atomic mass is 19.1. The first-order chi connectivity index (χ1) is 10.2. The first kappa shape index (κ1) is 14.3. The fourth-order valence-electron chi connectivity index (χ4n) is 2.88. The van der Waals surface area contributed by atoms with E-state index in [1.54, 1.807) is 12.1 Å². The average molecular weight is 289 g/mol. The minimum atomic E-state index is -0.248. The van der Waals surface area contributed by atoms with Gasteiger partial charge in [0.05, 0.1) is 12.6 Å². The minimum Gasteiger partial charge on any atom is -0.460 e. The van der Waals surface area contributed by atoms with Gasteiger partial charge in [0.2, 0.25) is 0 Å². The minimum absolute atomic E-state index is 0.163. The van der Waals surface area contributed by atoms with Crippen LogP contribution in [0, 0.1) is 11.7 Å². The number of aliphatic hydroxyl groups is 1. The predicted octanol–water partition coefficient (Wildman–Crippen LogP) is 3.34. The lowest BCUT2D eigenvalue weighted by atomic mass is 10.1. The van der Waals surface area contributed by atoms with Crippen LogP contribution >= 0.6 is 0 Å². The van der Waals surface area contributed by atoms with Crippen molar-refractivity contribution >= 4 is 0 Å². The molecule has 2 atom stereocenters. The molecule has 2 N–H and O–H groups in total. The Morgan fingerprint density at radius 2 is 1.95 bits per heavy atom. The number of nitrogens with one attached hydrogen (secondary N) is 1. The van der Waals surface area contributed by atoms with Crippen LogP contribution < -0.4 is 5.32 Å². The third kappa shape index (κ3) is 3.52. The smallest absolute Gasteiger partial charge is 0.134 e. The maximum absolute atomic E-state index is 12.9. The summed E-state index contributed by atoms with van der Waals surface area (Å²) in [6.07, 6.45) is 2.96. The molecule has 2 aromatic rings. The summed E-state index contributed by atoms with van der Waals surface area (Å²) in [5.41, 5.74) is 0.869. The Kier molecular flexibility index (Phi) is 4.36. The third-order valence-corrected chi connectivity index (χ3v) is 4.12. The zero-order chi connectivity index (χ0) is 14.7. The molecule has 1 aliphatic carbocycles. The predicted molar refractivity (Wildman–Crippen MR) is 79.2 cm³/mol. The Hall–Kier alpha value is -1.65. The lowest BCUT2D eigenvalue weighted by Crippen LogP contribution is -2.27. The largest absolute Gasteiger partial charge is 0.460 e. The van der Waals surface area contributed by atoms with Crippen molar-refractivity contribution < 1.29 is 13.9 Å². The molecular weight excluding hydrogens is 269 g/mol. The SMILES string of the molecule is OC1CCCC1CNCc1ccc(-c2ccc(F)cc2)o1. The van der Waals surface area contributed by atoms with Crippen LogP contribution in [0.4, 0.5) is 4.39 Å². The van der Waals surface area contributed by atoms with Gasteiger partial charge < -0.3 is 14.8 Å². The lowest BCUT2D eigenvalue weighted by molar-refractivity contribution is 0.131. The van der Waals surface area contributed by atoms with Gasteiger partial charge in [0.15, 0.2) is 0 Å². The van der Waals surface area contributed by atoms with Crippen LogP contribution in [0.5, 0.6) is 0 Å². The summed E-state index contributed by atoms with van der Waals surface area (Å²) in [5.74, 6) is 1.70. The van der Waals surface area contributed by atoms with E-state index in [0.717, 1.165) is 42.9 Å². The maximum Gasteiger partial charge on any atom is 0.134 e. The number of hydrogen-bond acceptors (Lipinski definition) is 3. The highest BCUT2D eigenvalue weighted by molar-refractivity contribution is 5.57. The molecule has 3 nitrogen and oxygen atoms in total. The van der Waals surface area contributed by atoms with Crippen LogP contribution in [0.2, 0.25) is 0 Å². The van der Waals surface area contributed by atoms with Crippen molar-refractivity contribution in [2.75, 3.05) is 6.54 Å². The molecule has 1 fully saturated rings. The van der Waals surface area contributed by atoms with Gasteiger partial charge in [0.25, 0.3) is 0 Å².